The van der Waals surface area contributed by atoms with Crippen molar-refractivity contribution < 1.29 is 5.11 Å². The molecule has 17 heavy (non-hydrogen) atoms. The lowest BCUT2D eigenvalue weighted by molar-refractivity contribution is 0.177. The summed E-state index contributed by atoms with van der Waals surface area (Å²) in [6.07, 6.45) is 3.56. The third-order valence-electron chi connectivity index (χ3n) is 3.05. The second-order valence-corrected chi connectivity index (χ2v) is 4.29. The third-order valence-corrected chi connectivity index (χ3v) is 3.05. The molecule has 1 unspecified atom stereocenters. The maximum atomic E-state index is 10.3. The van der Waals surface area contributed by atoms with Crippen LogP contribution in [-0.2, 0) is 13.5 Å². The molecule has 0 aliphatic heterocycles. The number of aryl methyl sites for hydroxylation is 2. The van der Waals surface area contributed by atoms with E-state index in [1.807, 2.05) is 33.0 Å². The average molecular weight is 231 g/mol. The van der Waals surface area contributed by atoms with Crippen LogP contribution in [0.25, 0.3) is 0 Å². The van der Waals surface area contributed by atoms with Gasteiger partial charge in [0, 0.05) is 37.1 Å². The fourth-order valence-electron chi connectivity index (χ4n) is 2.12. The number of pyridine rings is 1. The van der Waals surface area contributed by atoms with E-state index in [0.29, 0.717) is 6.42 Å². The van der Waals surface area contributed by atoms with Gasteiger partial charge in [-0.15, -0.1) is 0 Å². The maximum absolute atomic E-state index is 10.3. The predicted molar refractivity (Wildman–Crippen MR) is 65.6 cm³/mol. The SMILES string of the molecule is Cc1nn(C)c(C)c1C(O)Cc1cccnc1. The lowest BCUT2D eigenvalue weighted by Crippen LogP contribution is -2.05. The Bertz CT molecular complexity index is 505. The Morgan fingerprint density at radius 1 is 1.41 bits per heavy atom. The normalized spacial score (nSPS) is 12.7. The first-order valence-corrected chi connectivity index (χ1v) is 5.66. The summed E-state index contributed by atoms with van der Waals surface area (Å²) >= 11 is 0. The van der Waals surface area contributed by atoms with E-state index in [1.54, 1.807) is 17.1 Å². The summed E-state index contributed by atoms with van der Waals surface area (Å²) in [6.45, 7) is 3.90. The summed E-state index contributed by atoms with van der Waals surface area (Å²) in [5, 5.41) is 14.6. The second kappa shape index (κ2) is 4.67. The topological polar surface area (TPSA) is 50.9 Å². The van der Waals surface area contributed by atoms with E-state index < -0.39 is 6.10 Å². The van der Waals surface area contributed by atoms with Gasteiger partial charge in [-0.25, -0.2) is 0 Å². The lowest BCUT2D eigenvalue weighted by Gasteiger charge is -2.11. The summed E-state index contributed by atoms with van der Waals surface area (Å²) < 4.78 is 1.80. The zero-order valence-corrected chi connectivity index (χ0v) is 10.4. The highest BCUT2D eigenvalue weighted by Gasteiger charge is 2.18. The molecule has 0 spiro atoms. The van der Waals surface area contributed by atoms with Gasteiger partial charge in [-0.1, -0.05) is 6.07 Å². The molecule has 4 nitrogen and oxygen atoms in total. The molecule has 2 aromatic rings. The molecule has 2 heterocycles. The molecule has 4 heteroatoms. The van der Waals surface area contributed by atoms with Crippen molar-refractivity contribution in [3.63, 3.8) is 0 Å². The first-order valence-electron chi connectivity index (χ1n) is 5.66. The Hall–Kier alpha value is -1.68. The number of hydrogen-bond donors (Lipinski definition) is 1. The van der Waals surface area contributed by atoms with Crippen LogP contribution >= 0.6 is 0 Å². The number of aliphatic hydroxyl groups excluding tert-OH is 1. The first-order chi connectivity index (χ1) is 8.09. The van der Waals surface area contributed by atoms with Crippen molar-refractivity contribution in [1.29, 1.82) is 0 Å². The highest BCUT2D eigenvalue weighted by Crippen LogP contribution is 2.23. The zero-order chi connectivity index (χ0) is 12.4. The summed E-state index contributed by atoms with van der Waals surface area (Å²) in [6, 6.07) is 3.85. The van der Waals surface area contributed by atoms with Gasteiger partial charge in [-0.3, -0.25) is 9.67 Å². The van der Waals surface area contributed by atoms with Crippen LogP contribution in [0, 0.1) is 13.8 Å². The van der Waals surface area contributed by atoms with E-state index in [2.05, 4.69) is 10.1 Å². The molecule has 2 rings (SSSR count). The van der Waals surface area contributed by atoms with Crippen LogP contribution in [0.1, 0.15) is 28.6 Å². The molecule has 0 fully saturated rings. The smallest absolute Gasteiger partial charge is 0.0866 e. The summed E-state index contributed by atoms with van der Waals surface area (Å²) in [4.78, 5) is 4.05. The second-order valence-electron chi connectivity index (χ2n) is 4.29. The molecule has 0 amide bonds. The van der Waals surface area contributed by atoms with Gasteiger partial charge in [0.1, 0.15) is 0 Å². The van der Waals surface area contributed by atoms with Crippen molar-refractivity contribution >= 4 is 0 Å². The van der Waals surface area contributed by atoms with Crippen LogP contribution in [0.5, 0.6) is 0 Å². The summed E-state index contributed by atoms with van der Waals surface area (Å²) in [7, 11) is 1.89. The molecule has 0 radical (unpaired) electrons. The van der Waals surface area contributed by atoms with Gasteiger partial charge in [-0.2, -0.15) is 5.10 Å². The molecular formula is C13H17N3O. The molecule has 90 valence electrons. The first kappa shape index (κ1) is 11.8. The fraction of sp³-hybridized carbons (Fsp3) is 0.385. The van der Waals surface area contributed by atoms with Crippen LogP contribution in [0.15, 0.2) is 24.5 Å². The minimum Gasteiger partial charge on any atom is -0.388 e. The van der Waals surface area contributed by atoms with Crippen molar-refractivity contribution in [2.24, 2.45) is 7.05 Å². The van der Waals surface area contributed by atoms with Gasteiger partial charge in [-0.05, 0) is 25.5 Å². The average Bonchev–Trinajstić information content (AvgIpc) is 2.54. The quantitative estimate of drug-likeness (QED) is 0.874. The monoisotopic (exact) mass is 231 g/mol. The molecule has 0 aliphatic carbocycles. The van der Waals surface area contributed by atoms with E-state index in [-0.39, 0.29) is 0 Å². The number of hydrogen-bond acceptors (Lipinski definition) is 3. The number of aromatic nitrogens is 3. The molecule has 1 atom stereocenters. The van der Waals surface area contributed by atoms with E-state index >= 15 is 0 Å². The Morgan fingerprint density at radius 2 is 2.18 bits per heavy atom. The molecule has 0 saturated heterocycles. The Morgan fingerprint density at radius 3 is 2.71 bits per heavy atom. The molecule has 2 aromatic heterocycles. The van der Waals surface area contributed by atoms with Gasteiger partial charge in [0.15, 0.2) is 0 Å². The van der Waals surface area contributed by atoms with Gasteiger partial charge in [0.2, 0.25) is 0 Å². The van der Waals surface area contributed by atoms with Gasteiger partial charge in [0.05, 0.1) is 11.8 Å². The van der Waals surface area contributed by atoms with Gasteiger partial charge >= 0.3 is 0 Å². The Balaban J connectivity index is 2.23. The fourth-order valence-corrected chi connectivity index (χ4v) is 2.12. The standard InChI is InChI=1S/C13H17N3O/c1-9-13(10(2)16(3)15-9)12(17)7-11-5-4-6-14-8-11/h4-6,8,12,17H,7H2,1-3H3. The lowest BCUT2D eigenvalue weighted by atomic mass is 10.0. The van der Waals surface area contributed by atoms with Crippen LogP contribution in [0.2, 0.25) is 0 Å². The van der Waals surface area contributed by atoms with Gasteiger partial charge in [0.25, 0.3) is 0 Å². The Kier molecular flexibility index (Phi) is 3.24. The van der Waals surface area contributed by atoms with Crippen LogP contribution in [0.4, 0.5) is 0 Å². The number of rotatable bonds is 3. The van der Waals surface area contributed by atoms with E-state index in [0.717, 1.165) is 22.5 Å². The van der Waals surface area contributed by atoms with E-state index in [9.17, 15) is 5.11 Å². The van der Waals surface area contributed by atoms with Crippen molar-refractivity contribution in [3.05, 3.63) is 47.0 Å². The maximum Gasteiger partial charge on any atom is 0.0866 e. The van der Waals surface area contributed by atoms with Crippen LogP contribution in [-0.4, -0.2) is 19.9 Å². The molecule has 0 aromatic carbocycles. The van der Waals surface area contributed by atoms with Crippen molar-refractivity contribution in [2.75, 3.05) is 0 Å². The molecule has 0 bridgehead atoms. The van der Waals surface area contributed by atoms with Crippen LogP contribution < -0.4 is 0 Å². The van der Waals surface area contributed by atoms with E-state index in [4.69, 9.17) is 0 Å². The largest absolute Gasteiger partial charge is 0.388 e. The third kappa shape index (κ3) is 2.36. The minimum atomic E-state index is -0.520. The predicted octanol–water partition coefficient (Wildman–Crippen LogP) is 1.71. The Labute approximate surface area is 101 Å². The highest BCUT2D eigenvalue weighted by molar-refractivity contribution is 5.28. The summed E-state index contributed by atoms with van der Waals surface area (Å²) in [5.41, 5.74) is 3.86. The van der Waals surface area contributed by atoms with Crippen molar-refractivity contribution in [1.82, 2.24) is 14.8 Å². The number of nitrogens with zero attached hydrogens (tertiary/aromatic N) is 3. The zero-order valence-electron chi connectivity index (χ0n) is 10.4. The minimum absolute atomic E-state index is 0.520. The molecule has 0 saturated carbocycles. The molecular weight excluding hydrogens is 214 g/mol. The van der Waals surface area contributed by atoms with Crippen molar-refractivity contribution in [2.45, 2.75) is 26.4 Å². The molecule has 1 N–H and O–H groups in total. The number of aliphatic hydroxyl groups is 1. The highest BCUT2D eigenvalue weighted by atomic mass is 16.3. The van der Waals surface area contributed by atoms with Crippen LogP contribution in [0.3, 0.4) is 0 Å². The molecule has 0 aliphatic rings. The summed E-state index contributed by atoms with van der Waals surface area (Å²) in [5.74, 6) is 0. The van der Waals surface area contributed by atoms with Crippen molar-refractivity contribution in [3.8, 4) is 0 Å². The van der Waals surface area contributed by atoms with Gasteiger partial charge < -0.3 is 5.11 Å². The van der Waals surface area contributed by atoms with E-state index in [1.165, 1.54) is 0 Å².